The van der Waals surface area contributed by atoms with Gasteiger partial charge in [0.15, 0.2) is 0 Å². The standard InChI is InChI=1S/C11H10Cl2O2S/c12-7-3-4-8(13)9(5-7)16-10(11(14)15)6-1-2-6/h3-6,10H,1-2H2,(H,14,15). The molecular formula is C11H10Cl2O2S. The molecule has 1 saturated carbocycles. The van der Waals surface area contributed by atoms with Crippen molar-refractivity contribution in [1.82, 2.24) is 0 Å². The molecule has 1 aromatic carbocycles. The molecule has 0 heterocycles. The summed E-state index contributed by atoms with van der Waals surface area (Å²) in [7, 11) is 0. The minimum absolute atomic E-state index is 0.276. The Hall–Kier alpha value is -0.380. The van der Waals surface area contributed by atoms with Crippen molar-refractivity contribution in [3.05, 3.63) is 28.2 Å². The van der Waals surface area contributed by atoms with Gasteiger partial charge in [-0.25, -0.2) is 0 Å². The van der Waals surface area contributed by atoms with Gasteiger partial charge in [0.1, 0.15) is 5.25 Å². The van der Waals surface area contributed by atoms with Crippen LogP contribution in [0.1, 0.15) is 12.8 Å². The summed E-state index contributed by atoms with van der Waals surface area (Å²) in [6, 6.07) is 5.10. The topological polar surface area (TPSA) is 37.3 Å². The molecule has 1 aliphatic carbocycles. The average molecular weight is 277 g/mol. The third-order valence-corrected chi connectivity index (χ3v) is 4.55. The first-order chi connectivity index (χ1) is 7.58. The summed E-state index contributed by atoms with van der Waals surface area (Å²) < 4.78 is 0. The van der Waals surface area contributed by atoms with Gasteiger partial charge in [-0.05, 0) is 37.0 Å². The smallest absolute Gasteiger partial charge is 0.317 e. The first-order valence-electron chi connectivity index (χ1n) is 4.92. The second kappa shape index (κ2) is 4.86. The maximum absolute atomic E-state index is 11.1. The van der Waals surface area contributed by atoms with Gasteiger partial charge in [0, 0.05) is 9.92 Å². The van der Waals surface area contributed by atoms with Crippen molar-refractivity contribution in [3.63, 3.8) is 0 Å². The Morgan fingerprint density at radius 1 is 1.44 bits per heavy atom. The van der Waals surface area contributed by atoms with Gasteiger partial charge in [0.05, 0.1) is 5.02 Å². The van der Waals surface area contributed by atoms with Gasteiger partial charge in [0.25, 0.3) is 0 Å². The summed E-state index contributed by atoms with van der Waals surface area (Å²) in [5.74, 6) is -0.499. The van der Waals surface area contributed by atoms with Crippen molar-refractivity contribution in [2.24, 2.45) is 5.92 Å². The molecule has 0 bridgehead atoms. The van der Waals surface area contributed by atoms with Crippen LogP contribution in [0.15, 0.2) is 23.1 Å². The number of aliphatic carboxylic acids is 1. The van der Waals surface area contributed by atoms with Crippen molar-refractivity contribution in [2.75, 3.05) is 0 Å². The predicted octanol–water partition coefficient (Wildman–Crippen LogP) is 3.95. The van der Waals surface area contributed by atoms with E-state index in [0.717, 1.165) is 17.7 Å². The predicted molar refractivity (Wildman–Crippen MR) is 66.5 cm³/mol. The van der Waals surface area contributed by atoms with E-state index in [4.69, 9.17) is 28.3 Å². The van der Waals surface area contributed by atoms with Crippen molar-refractivity contribution >= 4 is 40.9 Å². The summed E-state index contributed by atoms with van der Waals surface area (Å²) in [5.41, 5.74) is 0. The lowest BCUT2D eigenvalue weighted by Crippen LogP contribution is -2.18. The van der Waals surface area contributed by atoms with Crippen LogP contribution in [-0.4, -0.2) is 16.3 Å². The molecule has 0 aromatic heterocycles. The second-order valence-corrected chi connectivity index (χ2v) is 5.82. The highest BCUT2D eigenvalue weighted by molar-refractivity contribution is 8.00. The Morgan fingerprint density at radius 2 is 2.12 bits per heavy atom. The van der Waals surface area contributed by atoms with Crippen LogP contribution in [-0.2, 0) is 4.79 Å². The fourth-order valence-corrected chi connectivity index (χ4v) is 3.15. The molecule has 1 atom stereocenters. The third kappa shape index (κ3) is 2.84. The van der Waals surface area contributed by atoms with E-state index in [2.05, 4.69) is 0 Å². The van der Waals surface area contributed by atoms with Gasteiger partial charge in [-0.2, -0.15) is 0 Å². The van der Waals surface area contributed by atoms with E-state index in [1.165, 1.54) is 11.8 Å². The first kappa shape index (κ1) is 12.1. The number of carboxylic acid groups (broad SMARTS) is 1. The molecule has 86 valence electrons. The highest BCUT2D eigenvalue weighted by Crippen LogP contribution is 2.43. The van der Waals surface area contributed by atoms with E-state index >= 15 is 0 Å². The van der Waals surface area contributed by atoms with Gasteiger partial charge < -0.3 is 5.11 Å². The van der Waals surface area contributed by atoms with E-state index in [-0.39, 0.29) is 5.92 Å². The Labute approximate surface area is 108 Å². The molecule has 0 radical (unpaired) electrons. The number of benzene rings is 1. The Balaban J connectivity index is 2.17. The number of rotatable bonds is 4. The van der Waals surface area contributed by atoms with Crippen LogP contribution in [0.5, 0.6) is 0 Å². The minimum atomic E-state index is -0.774. The lowest BCUT2D eigenvalue weighted by atomic mass is 10.3. The molecular weight excluding hydrogens is 267 g/mol. The summed E-state index contributed by atoms with van der Waals surface area (Å²) in [4.78, 5) is 11.8. The fraction of sp³-hybridized carbons (Fsp3) is 0.364. The maximum Gasteiger partial charge on any atom is 0.317 e. The number of thioether (sulfide) groups is 1. The van der Waals surface area contributed by atoms with Crippen LogP contribution in [0.2, 0.25) is 10.0 Å². The molecule has 0 saturated heterocycles. The molecule has 2 nitrogen and oxygen atoms in total. The fourth-order valence-electron chi connectivity index (χ4n) is 1.45. The zero-order valence-electron chi connectivity index (χ0n) is 8.32. The van der Waals surface area contributed by atoms with Crippen LogP contribution >= 0.6 is 35.0 Å². The molecule has 0 spiro atoms. The van der Waals surface area contributed by atoms with Gasteiger partial charge in [-0.1, -0.05) is 23.2 Å². The largest absolute Gasteiger partial charge is 0.480 e. The molecule has 1 aromatic rings. The third-order valence-electron chi connectivity index (χ3n) is 2.44. The lowest BCUT2D eigenvalue weighted by molar-refractivity contribution is -0.136. The zero-order chi connectivity index (χ0) is 11.7. The molecule has 1 aliphatic rings. The zero-order valence-corrected chi connectivity index (χ0v) is 10.6. The van der Waals surface area contributed by atoms with Gasteiger partial charge >= 0.3 is 5.97 Å². The molecule has 0 amide bonds. The summed E-state index contributed by atoms with van der Waals surface area (Å²) in [6.07, 6.45) is 1.98. The van der Waals surface area contributed by atoms with E-state index in [0.29, 0.717) is 10.0 Å². The van der Waals surface area contributed by atoms with Gasteiger partial charge in [0.2, 0.25) is 0 Å². The van der Waals surface area contributed by atoms with Crippen LogP contribution in [0.25, 0.3) is 0 Å². The number of carboxylic acids is 1. The second-order valence-electron chi connectivity index (χ2n) is 3.79. The monoisotopic (exact) mass is 276 g/mol. The molecule has 1 unspecified atom stereocenters. The molecule has 2 rings (SSSR count). The quantitative estimate of drug-likeness (QED) is 0.847. The van der Waals surface area contributed by atoms with E-state index in [9.17, 15) is 4.79 Å². The summed E-state index contributed by atoms with van der Waals surface area (Å²) in [5, 5.41) is 9.83. The number of hydrogen-bond donors (Lipinski definition) is 1. The highest BCUT2D eigenvalue weighted by atomic mass is 35.5. The van der Waals surface area contributed by atoms with Crippen LogP contribution in [0.3, 0.4) is 0 Å². The maximum atomic E-state index is 11.1. The Bertz CT molecular complexity index is 418. The van der Waals surface area contributed by atoms with E-state index in [1.807, 2.05) is 0 Å². The number of halogens is 2. The molecule has 5 heteroatoms. The van der Waals surface area contributed by atoms with E-state index in [1.54, 1.807) is 18.2 Å². The Morgan fingerprint density at radius 3 is 2.69 bits per heavy atom. The van der Waals surface area contributed by atoms with Crippen molar-refractivity contribution < 1.29 is 9.90 Å². The van der Waals surface area contributed by atoms with Crippen molar-refractivity contribution in [2.45, 2.75) is 23.0 Å². The van der Waals surface area contributed by atoms with Gasteiger partial charge in [-0.3, -0.25) is 4.79 Å². The van der Waals surface area contributed by atoms with E-state index < -0.39 is 11.2 Å². The minimum Gasteiger partial charge on any atom is -0.480 e. The number of carbonyl (C=O) groups is 1. The van der Waals surface area contributed by atoms with Crippen molar-refractivity contribution in [3.8, 4) is 0 Å². The SMILES string of the molecule is O=C(O)C(Sc1cc(Cl)ccc1Cl)C1CC1. The van der Waals surface area contributed by atoms with Gasteiger partial charge in [-0.15, -0.1) is 11.8 Å². The first-order valence-corrected chi connectivity index (χ1v) is 6.56. The molecule has 16 heavy (non-hydrogen) atoms. The summed E-state index contributed by atoms with van der Waals surface area (Å²) >= 11 is 13.1. The molecule has 1 fully saturated rings. The lowest BCUT2D eigenvalue weighted by Gasteiger charge is -2.11. The molecule has 1 N–H and O–H groups in total. The number of hydrogen-bond acceptors (Lipinski definition) is 2. The average Bonchev–Trinajstić information content (AvgIpc) is 3.02. The van der Waals surface area contributed by atoms with Crippen LogP contribution in [0, 0.1) is 5.92 Å². The normalized spacial score (nSPS) is 17.1. The highest BCUT2D eigenvalue weighted by Gasteiger charge is 2.37. The Kier molecular flexibility index (Phi) is 3.67. The van der Waals surface area contributed by atoms with Crippen molar-refractivity contribution in [1.29, 1.82) is 0 Å². The summed E-state index contributed by atoms with van der Waals surface area (Å²) in [6.45, 7) is 0. The molecule has 0 aliphatic heterocycles. The van der Waals surface area contributed by atoms with Crippen LogP contribution < -0.4 is 0 Å². The van der Waals surface area contributed by atoms with Crippen LogP contribution in [0.4, 0.5) is 0 Å².